The predicted molar refractivity (Wildman–Crippen MR) is 120 cm³/mol. The zero-order valence-electron chi connectivity index (χ0n) is 16.2. The molecule has 0 N–H and O–H groups in total. The van der Waals surface area contributed by atoms with E-state index in [1.165, 1.54) is 0 Å². The molecule has 0 fully saturated rings. The van der Waals surface area contributed by atoms with Crippen molar-refractivity contribution in [1.82, 2.24) is 0 Å². The normalized spacial score (nSPS) is 15.8. The first-order valence-electron chi connectivity index (χ1n) is 9.55. The first kappa shape index (κ1) is 20.1. The molecular weight excluding hydrogens is 484 g/mol. The molecule has 0 saturated heterocycles. The fourth-order valence-electron chi connectivity index (χ4n) is 3.53. The van der Waals surface area contributed by atoms with Crippen LogP contribution in [0.4, 0.5) is 0 Å². The van der Waals surface area contributed by atoms with Gasteiger partial charge in [-0.2, -0.15) is 0 Å². The van der Waals surface area contributed by atoms with Gasteiger partial charge in [0.05, 0.1) is 12.2 Å². The van der Waals surface area contributed by atoms with Crippen molar-refractivity contribution < 1.29 is 23.7 Å². The van der Waals surface area contributed by atoms with Crippen molar-refractivity contribution in [2.24, 2.45) is 0 Å². The highest BCUT2D eigenvalue weighted by atomic mass is 79.9. The van der Waals surface area contributed by atoms with Crippen LogP contribution in [-0.2, 0) is 18.0 Å². The second-order valence-electron chi connectivity index (χ2n) is 7.11. The summed E-state index contributed by atoms with van der Waals surface area (Å²) in [5.74, 6) is 1.92. The van der Waals surface area contributed by atoms with E-state index in [1.807, 2.05) is 36.4 Å². The van der Waals surface area contributed by atoms with Crippen LogP contribution in [0.25, 0.3) is 6.08 Å². The number of benzene rings is 3. The van der Waals surface area contributed by atoms with E-state index >= 15 is 0 Å². The van der Waals surface area contributed by atoms with Gasteiger partial charge in [-0.15, -0.1) is 0 Å². The Kier molecular flexibility index (Phi) is 5.44. The molecule has 0 aliphatic carbocycles. The molecule has 5 rings (SSSR count). The van der Waals surface area contributed by atoms with E-state index in [9.17, 15) is 4.79 Å². The minimum atomic E-state index is -0.154. The van der Waals surface area contributed by atoms with Crippen LogP contribution in [0.5, 0.6) is 17.2 Å². The van der Waals surface area contributed by atoms with E-state index in [1.54, 1.807) is 24.3 Å². The van der Waals surface area contributed by atoms with Crippen LogP contribution >= 0.6 is 27.5 Å². The molecular formula is C24H16BrClO5. The number of ether oxygens (including phenoxy) is 4. The molecule has 0 radical (unpaired) electrons. The second-order valence-corrected chi connectivity index (χ2v) is 8.46. The number of carbonyl (C=O) groups is 1. The summed E-state index contributed by atoms with van der Waals surface area (Å²) in [5, 5.41) is 0.594. The molecule has 0 saturated carbocycles. The molecule has 31 heavy (non-hydrogen) atoms. The van der Waals surface area contributed by atoms with Gasteiger partial charge in [0.15, 0.2) is 12.6 Å². The SMILES string of the molecule is O=C1/C(=C/c2cccc(Br)c2)Oc2cc(OCc3cc(Cl)cc4c3OCOC4)ccc21. The number of hydrogen-bond acceptors (Lipinski definition) is 5. The highest BCUT2D eigenvalue weighted by molar-refractivity contribution is 9.10. The van der Waals surface area contributed by atoms with Crippen molar-refractivity contribution in [2.75, 3.05) is 6.79 Å². The topological polar surface area (TPSA) is 54.0 Å². The number of Topliss-reactive ketones (excluding diaryl/α,β-unsaturated/α-hetero) is 1. The number of hydrogen-bond donors (Lipinski definition) is 0. The van der Waals surface area contributed by atoms with Crippen LogP contribution in [0.2, 0.25) is 5.02 Å². The van der Waals surface area contributed by atoms with E-state index in [0.29, 0.717) is 28.7 Å². The van der Waals surface area contributed by atoms with Crippen molar-refractivity contribution in [2.45, 2.75) is 13.2 Å². The van der Waals surface area contributed by atoms with Crippen molar-refractivity contribution in [3.8, 4) is 17.2 Å². The van der Waals surface area contributed by atoms with Gasteiger partial charge in [-0.1, -0.05) is 39.7 Å². The summed E-state index contributed by atoms with van der Waals surface area (Å²) in [6, 6.07) is 16.5. The van der Waals surface area contributed by atoms with E-state index in [-0.39, 0.29) is 24.9 Å². The van der Waals surface area contributed by atoms with Crippen LogP contribution < -0.4 is 14.2 Å². The van der Waals surface area contributed by atoms with E-state index < -0.39 is 0 Å². The lowest BCUT2D eigenvalue weighted by Crippen LogP contribution is -2.14. The van der Waals surface area contributed by atoms with Gasteiger partial charge < -0.3 is 18.9 Å². The third-order valence-corrected chi connectivity index (χ3v) is 5.65. The molecule has 0 aromatic heterocycles. The summed E-state index contributed by atoms with van der Waals surface area (Å²) in [5.41, 5.74) is 3.10. The van der Waals surface area contributed by atoms with E-state index in [2.05, 4.69) is 15.9 Å². The summed E-state index contributed by atoms with van der Waals surface area (Å²) in [6.45, 7) is 0.907. The summed E-state index contributed by atoms with van der Waals surface area (Å²) in [6.07, 6.45) is 1.73. The predicted octanol–water partition coefficient (Wildman–Crippen LogP) is 6.16. The molecule has 0 unspecified atom stereocenters. The van der Waals surface area contributed by atoms with Crippen LogP contribution in [0.1, 0.15) is 27.0 Å². The summed E-state index contributed by atoms with van der Waals surface area (Å²) in [4.78, 5) is 12.7. The van der Waals surface area contributed by atoms with Gasteiger partial charge in [0, 0.05) is 26.7 Å². The summed E-state index contributed by atoms with van der Waals surface area (Å²) >= 11 is 9.65. The monoisotopic (exact) mass is 498 g/mol. The van der Waals surface area contributed by atoms with Crippen LogP contribution in [0, 0.1) is 0 Å². The van der Waals surface area contributed by atoms with Gasteiger partial charge in [0.25, 0.3) is 0 Å². The Balaban J connectivity index is 1.35. The largest absolute Gasteiger partial charge is 0.489 e. The van der Waals surface area contributed by atoms with Crippen LogP contribution in [0.3, 0.4) is 0 Å². The quantitative estimate of drug-likeness (QED) is 0.402. The molecule has 0 spiro atoms. The van der Waals surface area contributed by atoms with Gasteiger partial charge in [-0.05, 0) is 48.0 Å². The average molecular weight is 500 g/mol. The Bertz CT molecular complexity index is 1220. The number of halogens is 2. The Hall–Kier alpha value is -2.80. The number of fused-ring (bicyclic) bond motifs is 2. The summed E-state index contributed by atoms with van der Waals surface area (Å²) in [7, 11) is 0. The maximum absolute atomic E-state index is 12.7. The number of allylic oxidation sites excluding steroid dienone is 1. The molecule has 156 valence electrons. The second kappa shape index (κ2) is 8.38. The molecule has 0 amide bonds. The Morgan fingerprint density at radius 1 is 1.13 bits per heavy atom. The molecule has 0 atom stereocenters. The molecule has 5 nitrogen and oxygen atoms in total. The molecule has 7 heteroatoms. The van der Waals surface area contributed by atoms with Gasteiger partial charge in [0.1, 0.15) is 23.9 Å². The molecule has 3 aromatic rings. The van der Waals surface area contributed by atoms with Gasteiger partial charge >= 0.3 is 0 Å². The Morgan fingerprint density at radius 3 is 2.90 bits per heavy atom. The zero-order valence-corrected chi connectivity index (χ0v) is 18.5. The Morgan fingerprint density at radius 2 is 2.03 bits per heavy atom. The number of ketones is 1. The standard InChI is InChI=1S/C24H16BrClO5/c25-17-3-1-2-14(6-17)7-22-23(27)20-5-4-19(10-21(20)31-22)29-12-16-9-18(26)8-15-11-28-13-30-24(15)16/h1-10H,11-13H2/b22-7-. The lowest BCUT2D eigenvalue weighted by molar-refractivity contribution is -0.0175. The minimum Gasteiger partial charge on any atom is -0.489 e. The van der Waals surface area contributed by atoms with Gasteiger partial charge in [0.2, 0.25) is 5.78 Å². The zero-order chi connectivity index (χ0) is 21.4. The van der Waals surface area contributed by atoms with E-state index in [0.717, 1.165) is 26.9 Å². The maximum Gasteiger partial charge on any atom is 0.231 e. The first-order chi connectivity index (χ1) is 15.1. The minimum absolute atomic E-state index is 0.154. The third-order valence-electron chi connectivity index (χ3n) is 4.93. The fraction of sp³-hybridized carbons (Fsp3) is 0.125. The highest BCUT2D eigenvalue weighted by Gasteiger charge is 2.28. The molecule has 2 aliphatic heterocycles. The van der Waals surface area contributed by atoms with E-state index in [4.69, 9.17) is 30.5 Å². The average Bonchev–Trinajstić information content (AvgIpc) is 3.06. The van der Waals surface area contributed by atoms with Crippen LogP contribution in [0.15, 0.2) is 64.8 Å². The lowest BCUT2D eigenvalue weighted by Gasteiger charge is -2.21. The molecule has 3 aromatic carbocycles. The van der Waals surface area contributed by atoms with Gasteiger partial charge in [-0.25, -0.2) is 0 Å². The molecule has 2 aliphatic rings. The molecule has 2 heterocycles. The molecule has 0 bridgehead atoms. The lowest BCUT2D eigenvalue weighted by atomic mass is 10.1. The van der Waals surface area contributed by atoms with Crippen LogP contribution in [-0.4, -0.2) is 12.6 Å². The van der Waals surface area contributed by atoms with Gasteiger partial charge in [-0.3, -0.25) is 4.79 Å². The Labute approximate surface area is 192 Å². The third kappa shape index (κ3) is 4.19. The van der Waals surface area contributed by atoms with Crippen molar-refractivity contribution in [1.29, 1.82) is 0 Å². The smallest absolute Gasteiger partial charge is 0.231 e. The number of rotatable bonds is 4. The first-order valence-corrected chi connectivity index (χ1v) is 10.7. The fourth-order valence-corrected chi connectivity index (χ4v) is 4.21. The highest BCUT2D eigenvalue weighted by Crippen LogP contribution is 2.36. The van der Waals surface area contributed by atoms with Crippen molar-refractivity contribution in [3.05, 3.63) is 92.1 Å². The number of carbonyl (C=O) groups excluding carboxylic acids is 1. The maximum atomic E-state index is 12.7. The van der Waals surface area contributed by atoms with Crippen molar-refractivity contribution >= 4 is 39.4 Å². The van der Waals surface area contributed by atoms with Crippen molar-refractivity contribution in [3.63, 3.8) is 0 Å². The summed E-state index contributed by atoms with van der Waals surface area (Å²) < 4.78 is 23.6.